The molecule has 2 nitrogen and oxygen atoms in total. The van der Waals surface area contributed by atoms with Gasteiger partial charge in [0.15, 0.2) is 0 Å². The van der Waals surface area contributed by atoms with E-state index in [2.05, 4.69) is 13.8 Å². The van der Waals surface area contributed by atoms with E-state index < -0.39 is 0 Å². The lowest BCUT2D eigenvalue weighted by molar-refractivity contribution is 0.385. The highest BCUT2D eigenvalue weighted by Gasteiger charge is 2.15. The first-order chi connectivity index (χ1) is 11.6. The molecule has 0 rings (SSSR count). The van der Waals surface area contributed by atoms with E-state index in [0.717, 1.165) is 12.8 Å². The Kier molecular flexibility index (Phi) is 17.7. The molecule has 4 N–H and O–H groups in total. The van der Waals surface area contributed by atoms with Crippen molar-refractivity contribution in [1.82, 2.24) is 0 Å². The number of hydrogen-bond acceptors (Lipinski definition) is 2. The molecule has 2 heteroatoms. The standard InChI is InChI=1S/C22H48N2/c1-3-4-5-6-7-8-9-10-11-12-13-14-15-16-17-18-19-22(2,24)20-21-23/h3-21,23-24H2,1-2H3. The summed E-state index contributed by atoms with van der Waals surface area (Å²) < 4.78 is 0. The van der Waals surface area contributed by atoms with Gasteiger partial charge >= 0.3 is 0 Å². The van der Waals surface area contributed by atoms with Gasteiger partial charge in [-0.05, 0) is 26.3 Å². The van der Waals surface area contributed by atoms with Crippen molar-refractivity contribution >= 4 is 0 Å². The highest BCUT2D eigenvalue weighted by Crippen LogP contribution is 2.17. The van der Waals surface area contributed by atoms with Crippen molar-refractivity contribution in [2.45, 2.75) is 135 Å². The average molecular weight is 341 g/mol. The molecule has 0 aromatic heterocycles. The van der Waals surface area contributed by atoms with Crippen molar-refractivity contribution in [2.75, 3.05) is 6.54 Å². The van der Waals surface area contributed by atoms with Crippen LogP contribution in [0.25, 0.3) is 0 Å². The second kappa shape index (κ2) is 17.7. The van der Waals surface area contributed by atoms with Gasteiger partial charge in [-0.1, -0.05) is 110 Å². The summed E-state index contributed by atoms with van der Waals surface area (Å²) >= 11 is 0. The van der Waals surface area contributed by atoms with Crippen LogP contribution in [0.4, 0.5) is 0 Å². The normalized spacial score (nSPS) is 14.0. The second-order valence-corrected chi connectivity index (χ2v) is 8.25. The summed E-state index contributed by atoms with van der Waals surface area (Å²) in [5.41, 5.74) is 11.8. The van der Waals surface area contributed by atoms with Gasteiger partial charge in [0, 0.05) is 5.54 Å². The highest BCUT2D eigenvalue weighted by atomic mass is 14.7. The van der Waals surface area contributed by atoms with Crippen LogP contribution < -0.4 is 11.5 Å². The molecular weight excluding hydrogens is 292 g/mol. The third kappa shape index (κ3) is 18.3. The fourth-order valence-electron chi connectivity index (χ4n) is 3.53. The Labute approximate surface area is 153 Å². The Bertz CT molecular complexity index is 238. The predicted octanol–water partition coefficient (Wildman–Crippen LogP) is 6.70. The van der Waals surface area contributed by atoms with Gasteiger partial charge in [0.2, 0.25) is 0 Å². The molecule has 0 bridgehead atoms. The van der Waals surface area contributed by atoms with Crippen molar-refractivity contribution in [3.05, 3.63) is 0 Å². The van der Waals surface area contributed by atoms with E-state index in [1.54, 1.807) is 0 Å². The fourth-order valence-corrected chi connectivity index (χ4v) is 3.53. The second-order valence-electron chi connectivity index (χ2n) is 8.25. The molecule has 0 aromatic carbocycles. The van der Waals surface area contributed by atoms with Crippen LogP contribution in [-0.2, 0) is 0 Å². The molecule has 0 amide bonds. The Balaban J connectivity index is 3.10. The summed E-state index contributed by atoms with van der Waals surface area (Å²) in [6.45, 7) is 5.15. The molecule has 0 aromatic rings. The molecule has 0 fully saturated rings. The quantitative estimate of drug-likeness (QED) is 0.257. The summed E-state index contributed by atoms with van der Waals surface area (Å²) in [4.78, 5) is 0. The summed E-state index contributed by atoms with van der Waals surface area (Å²) in [6, 6.07) is 0. The highest BCUT2D eigenvalue weighted by molar-refractivity contribution is 4.78. The monoisotopic (exact) mass is 340 g/mol. The molecule has 0 aliphatic carbocycles. The third-order valence-electron chi connectivity index (χ3n) is 5.32. The molecule has 0 spiro atoms. The maximum Gasteiger partial charge on any atom is 0.0137 e. The van der Waals surface area contributed by atoms with Gasteiger partial charge in [-0.2, -0.15) is 0 Å². The first-order valence-electron chi connectivity index (χ1n) is 11.1. The van der Waals surface area contributed by atoms with Gasteiger partial charge in [-0.25, -0.2) is 0 Å². The molecule has 0 radical (unpaired) electrons. The largest absolute Gasteiger partial charge is 0.330 e. The minimum atomic E-state index is -0.0370. The van der Waals surface area contributed by atoms with Crippen LogP contribution >= 0.6 is 0 Å². The van der Waals surface area contributed by atoms with E-state index in [9.17, 15) is 0 Å². The zero-order valence-corrected chi connectivity index (χ0v) is 17.1. The molecule has 0 saturated heterocycles. The van der Waals surface area contributed by atoms with Crippen LogP contribution in [0.15, 0.2) is 0 Å². The Hall–Kier alpha value is -0.0800. The third-order valence-corrected chi connectivity index (χ3v) is 5.32. The smallest absolute Gasteiger partial charge is 0.0137 e. The first-order valence-corrected chi connectivity index (χ1v) is 11.1. The van der Waals surface area contributed by atoms with Crippen LogP contribution in [0.3, 0.4) is 0 Å². The summed E-state index contributed by atoms with van der Waals surface area (Å²) in [5, 5.41) is 0. The number of nitrogens with two attached hydrogens (primary N) is 2. The lowest BCUT2D eigenvalue weighted by Crippen LogP contribution is -2.38. The zero-order chi connectivity index (χ0) is 17.9. The van der Waals surface area contributed by atoms with Crippen LogP contribution in [-0.4, -0.2) is 12.1 Å². The van der Waals surface area contributed by atoms with E-state index in [-0.39, 0.29) is 5.54 Å². The SMILES string of the molecule is CCCCCCCCCCCCCCCCCCC(C)(N)CCN. The topological polar surface area (TPSA) is 52.0 Å². The Morgan fingerprint density at radius 2 is 0.875 bits per heavy atom. The number of rotatable bonds is 19. The van der Waals surface area contributed by atoms with E-state index in [0.29, 0.717) is 6.54 Å². The summed E-state index contributed by atoms with van der Waals surface area (Å²) in [6.07, 6.45) is 24.8. The van der Waals surface area contributed by atoms with Crippen molar-refractivity contribution in [2.24, 2.45) is 11.5 Å². The molecule has 1 atom stereocenters. The maximum atomic E-state index is 6.21. The van der Waals surface area contributed by atoms with Gasteiger partial charge in [-0.3, -0.25) is 0 Å². The van der Waals surface area contributed by atoms with Crippen LogP contribution in [0.2, 0.25) is 0 Å². The maximum absolute atomic E-state index is 6.21. The molecule has 1 unspecified atom stereocenters. The lowest BCUT2D eigenvalue weighted by Gasteiger charge is -2.23. The zero-order valence-electron chi connectivity index (χ0n) is 17.1. The molecule has 146 valence electrons. The van der Waals surface area contributed by atoms with E-state index >= 15 is 0 Å². The van der Waals surface area contributed by atoms with Gasteiger partial charge in [0.05, 0.1) is 0 Å². The van der Waals surface area contributed by atoms with Crippen molar-refractivity contribution in [3.8, 4) is 0 Å². The molecule has 0 heterocycles. The first kappa shape index (κ1) is 23.9. The number of unbranched alkanes of at least 4 members (excludes halogenated alkanes) is 15. The summed E-state index contributed by atoms with van der Waals surface area (Å²) in [5.74, 6) is 0. The van der Waals surface area contributed by atoms with E-state index in [4.69, 9.17) is 11.5 Å². The van der Waals surface area contributed by atoms with Crippen LogP contribution in [0.1, 0.15) is 129 Å². The number of hydrogen-bond donors (Lipinski definition) is 2. The van der Waals surface area contributed by atoms with Crippen LogP contribution in [0, 0.1) is 0 Å². The predicted molar refractivity (Wildman–Crippen MR) is 110 cm³/mol. The van der Waals surface area contributed by atoms with Crippen molar-refractivity contribution in [3.63, 3.8) is 0 Å². The molecular formula is C22H48N2. The van der Waals surface area contributed by atoms with Gasteiger partial charge in [0.25, 0.3) is 0 Å². The van der Waals surface area contributed by atoms with Crippen LogP contribution in [0.5, 0.6) is 0 Å². The fraction of sp³-hybridized carbons (Fsp3) is 1.00. The molecule has 0 saturated carbocycles. The minimum Gasteiger partial charge on any atom is -0.330 e. The molecule has 0 aliphatic heterocycles. The lowest BCUT2D eigenvalue weighted by atomic mass is 9.92. The minimum absolute atomic E-state index is 0.0370. The molecule has 24 heavy (non-hydrogen) atoms. The van der Waals surface area contributed by atoms with Gasteiger partial charge in [0.1, 0.15) is 0 Å². The van der Waals surface area contributed by atoms with Crippen molar-refractivity contribution < 1.29 is 0 Å². The average Bonchev–Trinajstić information content (AvgIpc) is 2.54. The van der Waals surface area contributed by atoms with Gasteiger partial charge in [-0.15, -0.1) is 0 Å². The molecule has 0 aliphatic rings. The van der Waals surface area contributed by atoms with E-state index in [1.165, 1.54) is 103 Å². The van der Waals surface area contributed by atoms with E-state index in [1.807, 2.05) is 0 Å². The van der Waals surface area contributed by atoms with Gasteiger partial charge < -0.3 is 11.5 Å². The Morgan fingerprint density at radius 1 is 0.542 bits per heavy atom. The summed E-state index contributed by atoms with van der Waals surface area (Å²) in [7, 11) is 0. The van der Waals surface area contributed by atoms with Crippen molar-refractivity contribution in [1.29, 1.82) is 0 Å². The Morgan fingerprint density at radius 3 is 1.21 bits per heavy atom.